The van der Waals surface area contributed by atoms with E-state index in [1.54, 1.807) is 6.20 Å². The van der Waals surface area contributed by atoms with Crippen LogP contribution in [0, 0.1) is 6.92 Å². The van der Waals surface area contributed by atoms with Crippen LogP contribution in [-0.2, 0) is 0 Å². The van der Waals surface area contributed by atoms with Crippen LogP contribution in [0.15, 0.2) is 42.6 Å². The lowest BCUT2D eigenvalue weighted by molar-refractivity contribution is 0.860. The highest BCUT2D eigenvalue weighted by Gasteiger charge is 2.04. The third-order valence-corrected chi connectivity index (χ3v) is 2.51. The van der Waals surface area contributed by atoms with Crippen molar-refractivity contribution in [1.29, 1.82) is 0 Å². The van der Waals surface area contributed by atoms with Gasteiger partial charge in [-0.15, -0.1) is 5.10 Å². The van der Waals surface area contributed by atoms with E-state index in [1.165, 1.54) is 11.1 Å². The van der Waals surface area contributed by atoms with Crippen molar-refractivity contribution >= 4 is 5.82 Å². The van der Waals surface area contributed by atoms with Crippen LogP contribution in [-0.4, -0.2) is 10.2 Å². The number of rotatable bonds is 3. The van der Waals surface area contributed by atoms with E-state index in [2.05, 4.69) is 53.6 Å². The SMILES string of the molecule is Cc1ccc(C(C)Nc2cccnn2)cc1. The maximum atomic E-state index is 4.00. The van der Waals surface area contributed by atoms with Gasteiger partial charge in [-0.2, -0.15) is 5.10 Å². The molecule has 16 heavy (non-hydrogen) atoms. The second-order valence-electron chi connectivity index (χ2n) is 3.89. The molecule has 0 aliphatic carbocycles. The Morgan fingerprint density at radius 1 is 1.12 bits per heavy atom. The molecule has 0 saturated carbocycles. The zero-order valence-electron chi connectivity index (χ0n) is 9.51. The van der Waals surface area contributed by atoms with E-state index in [0.29, 0.717) is 0 Å². The third-order valence-electron chi connectivity index (χ3n) is 2.51. The lowest BCUT2D eigenvalue weighted by atomic mass is 10.1. The van der Waals surface area contributed by atoms with E-state index < -0.39 is 0 Å². The predicted octanol–water partition coefficient (Wildman–Crippen LogP) is 2.96. The normalized spacial score (nSPS) is 12.1. The summed E-state index contributed by atoms with van der Waals surface area (Å²) in [6.07, 6.45) is 1.67. The first-order chi connectivity index (χ1) is 7.75. The molecule has 0 radical (unpaired) electrons. The molecule has 1 aromatic carbocycles. The quantitative estimate of drug-likeness (QED) is 0.851. The largest absolute Gasteiger partial charge is 0.362 e. The van der Waals surface area contributed by atoms with Crippen LogP contribution >= 0.6 is 0 Å². The van der Waals surface area contributed by atoms with Gasteiger partial charge in [-0.05, 0) is 31.5 Å². The molecule has 1 unspecified atom stereocenters. The van der Waals surface area contributed by atoms with Gasteiger partial charge in [0.15, 0.2) is 0 Å². The van der Waals surface area contributed by atoms with Crippen molar-refractivity contribution in [3.8, 4) is 0 Å². The van der Waals surface area contributed by atoms with Gasteiger partial charge in [-0.3, -0.25) is 0 Å². The molecule has 1 aromatic heterocycles. The Labute approximate surface area is 95.5 Å². The smallest absolute Gasteiger partial charge is 0.149 e. The fraction of sp³-hybridized carbons (Fsp3) is 0.231. The lowest BCUT2D eigenvalue weighted by Crippen LogP contribution is -2.08. The zero-order chi connectivity index (χ0) is 11.4. The molecule has 0 aliphatic heterocycles. The van der Waals surface area contributed by atoms with E-state index in [1.807, 2.05) is 12.1 Å². The number of nitrogens with one attached hydrogen (secondary N) is 1. The third kappa shape index (κ3) is 2.57. The second kappa shape index (κ2) is 4.75. The Morgan fingerprint density at radius 3 is 2.50 bits per heavy atom. The summed E-state index contributed by atoms with van der Waals surface area (Å²) in [7, 11) is 0. The first-order valence-corrected chi connectivity index (χ1v) is 5.36. The molecule has 0 aliphatic rings. The minimum atomic E-state index is 0.234. The van der Waals surface area contributed by atoms with Crippen LogP contribution in [0.25, 0.3) is 0 Å². The van der Waals surface area contributed by atoms with Crippen molar-refractivity contribution in [2.45, 2.75) is 19.9 Å². The van der Waals surface area contributed by atoms with Crippen LogP contribution in [0.2, 0.25) is 0 Å². The van der Waals surface area contributed by atoms with Gasteiger partial charge in [-0.25, -0.2) is 0 Å². The monoisotopic (exact) mass is 213 g/mol. The topological polar surface area (TPSA) is 37.8 Å². The van der Waals surface area contributed by atoms with Crippen molar-refractivity contribution in [2.75, 3.05) is 5.32 Å². The van der Waals surface area contributed by atoms with Crippen molar-refractivity contribution in [3.63, 3.8) is 0 Å². The molecular formula is C13H15N3. The standard InChI is InChI=1S/C13H15N3/c1-10-5-7-12(8-6-10)11(2)15-13-4-3-9-14-16-13/h3-9,11H,1-2H3,(H,15,16). The highest BCUT2D eigenvalue weighted by atomic mass is 15.2. The predicted molar refractivity (Wildman–Crippen MR) is 65.2 cm³/mol. The number of aryl methyl sites for hydroxylation is 1. The molecule has 3 heteroatoms. The zero-order valence-corrected chi connectivity index (χ0v) is 9.51. The maximum absolute atomic E-state index is 4.00. The molecule has 2 rings (SSSR count). The number of hydrogen-bond donors (Lipinski definition) is 1. The molecule has 0 spiro atoms. The summed E-state index contributed by atoms with van der Waals surface area (Å²) in [6.45, 7) is 4.20. The van der Waals surface area contributed by atoms with Crippen LogP contribution in [0.4, 0.5) is 5.82 Å². The van der Waals surface area contributed by atoms with Gasteiger partial charge < -0.3 is 5.32 Å². The van der Waals surface area contributed by atoms with Gasteiger partial charge in [0.05, 0.1) is 0 Å². The summed E-state index contributed by atoms with van der Waals surface area (Å²) < 4.78 is 0. The summed E-state index contributed by atoms with van der Waals surface area (Å²) in [5.74, 6) is 0.801. The Kier molecular flexibility index (Phi) is 3.15. The van der Waals surface area contributed by atoms with Gasteiger partial charge >= 0.3 is 0 Å². The summed E-state index contributed by atoms with van der Waals surface area (Å²) in [6, 6.07) is 12.5. The first kappa shape index (κ1) is 10.6. The molecule has 3 nitrogen and oxygen atoms in total. The van der Waals surface area contributed by atoms with Crippen LogP contribution in [0.1, 0.15) is 24.1 Å². The molecule has 0 fully saturated rings. The minimum Gasteiger partial charge on any atom is -0.362 e. The average molecular weight is 213 g/mol. The fourth-order valence-corrected chi connectivity index (χ4v) is 1.54. The Morgan fingerprint density at radius 2 is 1.88 bits per heavy atom. The van der Waals surface area contributed by atoms with E-state index in [4.69, 9.17) is 0 Å². The molecule has 2 aromatic rings. The van der Waals surface area contributed by atoms with Crippen LogP contribution in [0.3, 0.4) is 0 Å². The number of nitrogens with zero attached hydrogens (tertiary/aromatic N) is 2. The van der Waals surface area contributed by atoms with Crippen molar-refractivity contribution < 1.29 is 0 Å². The average Bonchev–Trinajstić information content (AvgIpc) is 2.31. The highest BCUT2D eigenvalue weighted by molar-refractivity contribution is 5.36. The molecular weight excluding hydrogens is 198 g/mol. The number of anilines is 1. The summed E-state index contributed by atoms with van der Waals surface area (Å²) in [5.41, 5.74) is 2.52. The Balaban J connectivity index is 2.09. The van der Waals surface area contributed by atoms with E-state index in [9.17, 15) is 0 Å². The van der Waals surface area contributed by atoms with Gasteiger partial charge in [0.2, 0.25) is 0 Å². The Bertz CT molecular complexity index is 436. The highest BCUT2D eigenvalue weighted by Crippen LogP contribution is 2.17. The number of aromatic nitrogens is 2. The minimum absolute atomic E-state index is 0.234. The number of benzene rings is 1. The second-order valence-corrected chi connectivity index (χ2v) is 3.89. The summed E-state index contributed by atoms with van der Waals surface area (Å²) >= 11 is 0. The Hall–Kier alpha value is -1.90. The fourth-order valence-electron chi connectivity index (χ4n) is 1.54. The molecule has 82 valence electrons. The van der Waals surface area contributed by atoms with Crippen LogP contribution < -0.4 is 5.32 Å². The number of hydrogen-bond acceptors (Lipinski definition) is 3. The first-order valence-electron chi connectivity index (χ1n) is 5.36. The van der Waals surface area contributed by atoms with Gasteiger partial charge in [0, 0.05) is 12.2 Å². The maximum Gasteiger partial charge on any atom is 0.149 e. The molecule has 1 atom stereocenters. The summed E-state index contributed by atoms with van der Waals surface area (Å²) in [4.78, 5) is 0. The van der Waals surface area contributed by atoms with Crippen molar-refractivity contribution in [1.82, 2.24) is 10.2 Å². The molecule has 1 N–H and O–H groups in total. The van der Waals surface area contributed by atoms with E-state index >= 15 is 0 Å². The van der Waals surface area contributed by atoms with Crippen molar-refractivity contribution in [2.24, 2.45) is 0 Å². The van der Waals surface area contributed by atoms with Gasteiger partial charge in [0.25, 0.3) is 0 Å². The molecule has 0 amide bonds. The lowest BCUT2D eigenvalue weighted by Gasteiger charge is -2.14. The molecule has 1 heterocycles. The van der Waals surface area contributed by atoms with Crippen LogP contribution in [0.5, 0.6) is 0 Å². The summed E-state index contributed by atoms with van der Waals surface area (Å²) in [5, 5.41) is 11.1. The van der Waals surface area contributed by atoms with E-state index in [0.717, 1.165) is 5.82 Å². The van der Waals surface area contributed by atoms with Gasteiger partial charge in [-0.1, -0.05) is 29.8 Å². The molecule has 0 saturated heterocycles. The van der Waals surface area contributed by atoms with E-state index in [-0.39, 0.29) is 6.04 Å². The van der Waals surface area contributed by atoms with Gasteiger partial charge in [0.1, 0.15) is 5.82 Å². The van der Waals surface area contributed by atoms with Crippen molar-refractivity contribution in [3.05, 3.63) is 53.7 Å². The molecule has 0 bridgehead atoms.